The van der Waals surface area contributed by atoms with Crippen molar-refractivity contribution in [2.45, 2.75) is 32.4 Å². The van der Waals surface area contributed by atoms with Crippen molar-refractivity contribution >= 4 is 22.7 Å². The van der Waals surface area contributed by atoms with E-state index < -0.39 is 0 Å². The lowest BCUT2D eigenvalue weighted by Gasteiger charge is -2.22. The highest BCUT2D eigenvalue weighted by atomic mass is 32.1. The summed E-state index contributed by atoms with van der Waals surface area (Å²) in [5, 5.41) is 3.15. The molecule has 1 aliphatic heterocycles. The molecule has 0 saturated carbocycles. The predicted molar refractivity (Wildman–Crippen MR) is 112 cm³/mol. The molecule has 3 heterocycles. The third-order valence-electron chi connectivity index (χ3n) is 5.00. The highest BCUT2D eigenvalue weighted by molar-refractivity contribution is 7.13. The van der Waals surface area contributed by atoms with E-state index in [2.05, 4.69) is 29.3 Å². The van der Waals surface area contributed by atoms with Crippen molar-refractivity contribution in [1.82, 2.24) is 9.88 Å². The summed E-state index contributed by atoms with van der Waals surface area (Å²) >= 11 is 3.59. The van der Waals surface area contributed by atoms with E-state index in [0.29, 0.717) is 6.04 Å². The number of aromatic nitrogens is 1. The van der Waals surface area contributed by atoms with Crippen LogP contribution in [-0.4, -0.2) is 30.6 Å². The fraction of sp³-hybridized carbons (Fsp3) is 0.381. The molecule has 0 bridgehead atoms. The molecule has 1 aromatic carbocycles. The first-order chi connectivity index (χ1) is 13.2. The van der Waals surface area contributed by atoms with Crippen LogP contribution in [0.15, 0.2) is 35.7 Å². The summed E-state index contributed by atoms with van der Waals surface area (Å²) in [5.74, 6) is 1.48. The van der Waals surface area contributed by atoms with Crippen LogP contribution in [0, 0.1) is 6.92 Å². The van der Waals surface area contributed by atoms with Crippen LogP contribution in [0.25, 0.3) is 10.6 Å². The van der Waals surface area contributed by atoms with Gasteiger partial charge in [-0.25, -0.2) is 4.98 Å². The molecule has 6 heteroatoms. The van der Waals surface area contributed by atoms with Crippen LogP contribution >= 0.6 is 22.7 Å². The second-order valence-electron chi connectivity index (χ2n) is 6.76. The second kappa shape index (κ2) is 8.00. The first-order valence-corrected chi connectivity index (χ1v) is 10.9. The second-order valence-corrected chi connectivity index (χ2v) is 8.94. The lowest BCUT2D eigenvalue weighted by Crippen LogP contribution is -2.22. The molecule has 0 radical (unpaired) electrons. The predicted octanol–water partition coefficient (Wildman–Crippen LogP) is 5.53. The fourth-order valence-electron chi connectivity index (χ4n) is 3.74. The molecule has 2 aromatic heterocycles. The Hall–Kier alpha value is -1.89. The number of thiazole rings is 1. The summed E-state index contributed by atoms with van der Waals surface area (Å²) in [4.78, 5) is 10.3. The molecule has 0 N–H and O–H groups in total. The summed E-state index contributed by atoms with van der Waals surface area (Å²) in [7, 11) is 3.34. The number of para-hydroxylation sites is 1. The van der Waals surface area contributed by atoms with E-state index in [0.717, 1.165) is 40.9 Å². The quantitative estimate of drug-likeness (QED) is 0.544. The summed E-state index contributed by atoms with van der Waals surface area (Å²) in [6.45, 7) is 4.21. The maximum absolute atomic E-state index is 5.57. The third-order valence-corrected chi connectivity index (χ3v) is 7.03. The number of aryl methyl sites for hydroxylation is 1. The molecule has 27 heavy (non-hydrogen) atoms. The Labute approximate surface area is 168 Å². The smallest absolute Gasteiger partial charge is 0.170 e. The Morgan fingerprint density at radius 1 is 1.19 bits per heavy atom. The molecule has 142 valence electrons. The maximum Gasteiger partial charge on any atom is 0.170 e. The number of benzene rings is 1. The minimum absolute atomic E-state index is 0.528. The molecule has 1 aliphatic rings. The highest BCUT2D eigenvalue weighted by Gasteiger charge is 2.27. The molecule has 0 amide bonds. The van der Waals surface area contributed by atoms with Gasteiger partial charge in [-0.2, -0.15) is 0 Å². The van der Waals surface area contributed by atoms with Gasteiger partial charge >= 0.3 is 0 Å². The van der Waals surface area contributed by atoms with Crippen LogP contribution in [0.5, 0.6) is 11.5 Å². The largest absolute Gasteiger partial charge is 0.493 e. The molecule has 1 fully saturated rings. The third kappa shape index (κ3) is 3.74. The zero-order chi connectivity index (χ0) is 18.8. The summed E-state index contributed by atoms with van der Waals surface area (Å²) in [6, 6.07) is 11.0. The van der Waals surface area contributed by atoms with Gasteiger partial charge in [-0.3, -0.25) is 4.90 Å². The van der Waals surface area contributed by atoms with Gasteiger partial charge in [0.15, 0.2) is 11.5 Å². The van der Waals surface area contributed by atoms with Crippen molar-refractivity contribution in [3.63, 3.8) is 0 Å². The molecule has 3 aromatic rings. The van der Waals surface area contributed by atoms with E-state index in [-0.39, 0.29) is 0 Å². The number of methoxy groups -OCH3 is 2. The number of ether oxygens (including phenoxy) is 2. The van der Waals surface area contributed by atoms with Gasteiger partial charge in [-0.15, -0.1) is 22.7 Å². The molecule has 0 aliphatic carbocycles. The van der Waals surface area contributed by atoms with Crippen LogP contribution in [0.2, 0.25) is 0 Å². The number of rotatable bonds is 6. The van der Waals surface area contributed by atoms with Crippen molar-refractivity contribution < 1.29 is 9.47 Å². The zero-order valence-electron chi connectivity index (χ0n) is 15.9. The number of thiophene rings is 1. The van der Waals surface area contributed by atoms with Gasteiger partial charge < -0.3 is 9.47 Å². The standard InChI is InChI=1S/C21H24N2O2S2/c1-14-9-10-19(27-14)17-7-5-11-23(17)12-15-13-26-21(22-15)16-6-4-8-18(24-2)20(16)25-3/h4,6,8-10,13,17H,5,7,11-12H2,1-3H3. The van der Waals surface area contributed by atoms with Crippen molar-refractivity contribution in [1.29, 1.82) is 0 Å². The van der Waals surface area contributed by atoms with Gasteiger partial charge in [0.05, 0.1) is 25.5 Å². The lowest BCUT2D eigenvalue weighted by molar-refractivity contribution is 0.249. The Balaban J connectivity index is 1.55. The normalized spacial score (nSPS) is 17.4. The van der Waals surface area contributed by atoms with Crippen molar-refractivity contribution in [2.24, 2.45) is 0 Å². The minimum Gasteiger partial charge on any atom is -0.493 e. The van der Waals surface area contributed by atoms with Crippen LogP contribution in [0.4, 0.5) is 0 Å². The molecule has 4 rings (SSSR count). The van der Waals surface area contributed by atoms with E-state index in [4.69, 9.17) is 14.5 Å². The minimum atomic E-state index is 0.528. The van der Waals surface area contributed by atoms with E-state index >= 15 is 0 Å². The van der Waals surface area contributed by atoms with Crippen LogP contribution < -0.4 is 9.47 Å². The monoisotopic (exact) mass is 400 g/mol. The average Bonchev–Trinajstić information content (AvgIpc) is 3.42. The van der Waals surface area contributed by atoms with E-state index in [1.807, 2.05) is 29.5 Å². The fourth-order valence-corrected chi connectivity index (χ4v) is 5.62. The summed E-state index contributed by atoms with van der Waals surface area (Å²) in [6.07, 6.45) is 2.49. The number of likely N-dealkylation sites (tertiary alicyclic amines) is 1. The SMILES string of the molecule is COc1cccc(-c2nc(CN3CCCC3c3ccc(C)s3)cs2)c1OC. The van der Waals surface area contributed by atoms with Gasteiger partial charge in [0.25, 0.3) is 0 Å². The van der Waals surface area contributed by atoms with Gasteiger partial charge in [0.2, 0.25) is 0 Å². The first-order valence-electron chi connectivity index (χ1n) is 9.15. The molecular weight excluding hydrogens is 376 g/mol. The van der Waals surface area contributed by atoms with Crippen LogP contribution in [0.1, 0.15) is 34.3 Å². The van der Waals surface area contributed by atoms with Gasteiger partial charge in [-0.1, -0.05) is 6.07 Å². The molecule has 0 spiro atoms. The highest BCUT2D eigenvalue weighted by Crippen LogP contribution is 2.40. The maximum atomic E-state index is 5.57. The average molecular weight is 401 g/mol. The topological polar surface area (TPSA) is 34.6 Å². The van der Waals surface area contributed by atoms with Crippen molar-refractivity contribution in [3.05, 3.63) is 51.2 Å². The zero-order valence-corrected chi connectivity index (χ0v) is 17.5. The number of hydrogen-bond acceptors (Lipinski definition) is 6. The van der Waals surface area contributed by atoms with Crippen molar-refractivity contribution in [2.75, 3.05) is 20.8 Å². The molecule has 1 unspecified atom stereocenters. The molecule has 1 saturated heterocycles. The Morgan fingerprint density at radius 3 is 2.81 bits per heavy atom. The Bertz CT molecular complexity index is 919. The van der Waals surface area contributed by atoms with E-state index in [1.165, 1.54) is 22.6 Å². The number of nitrogens with zero attached hydrogens (tertiary/aromatic N) is 2. The van der Waals surface area contributed by atoms with Crippen molar-refractivity contribution in [3.8, 4) is 22.1 Å². The Kier molecular flexibility index (Phi) is 5.48. The molecular formula is C21H24N2O2S2. The molecule has 1 atom stereocenters. The summed E-state index contributed by atoms with van der Waals surface area (Å²) < 4.78 is 11.0. The number of hydrogen-bond donors (Lipinski definition) is 0. The van der Waals surface area contributed by atoms with Gasteiger partial charge in [-0.05, 0) is 50.6 Å². The van der Waals surface area contributed by atoms with Gasteiger partial charge in [0, 0.05) is 27.7 Å². The Morgan fingerprint density at radius 2 is 2.07 bits per heavy atom. The van der Waals surface area contributed by atoms with E-state index in [9.17, 15) is 0 Å². The first kappa shape index (κ1) is 18.5. The van der Waals surface area contributed by atoms with Gasteiger partial charge in [0.1, 0.15) is 5.01 Å². The van der Waals surface area contributed by atoms with Crippen LogP contribution in [-0.2, 0) is 6.54 Å². The van der Waals surface area contributed by atoms with E-state index in [1.54, 1.807) is 25.6 Å². The molecule has 4 nitrogen and oxygen atoms in total. The summed E-state index contributed by atoms with van der Waals surface area (Å²) in [5.41, 5.74) is 2.11. The lowest BCUT2D eigenvalue weighted by atomic mass is 10.2. The van der Waals surface area contributed by atoms with Crippen LogP contribution in [0.3, 0.4) is 0 Å².